The summed E-state index contributed by atoms with van der Waals surface area (Å²) >= 11 is 5.94. The fourth-order valence-corrected chi connectivity index (χ4v) is 3.61. The lowest BCUT2D eigenvalue weighted by atomic mass is 10.1. The number of halogens is 1. The van der Waals surface area contributed by atoms with Crippen LogP contribution in [-0.2, 0) is 11.3 Å². The SMILES string of the molecule is CC1CCCN1CCCOC(=N)c1ccccc1NCc1ccc(Cl)cc1. The number of anilines is 1. The van der Waals surface area contributed by atoms with Gasteiger partial charge in [-0.2, -0.15) is 0 Å². The van der Waals surface area contributed by atoms with Crippen LogP contribution < -0.4 is 5.32 Å². The second kappa shape index (κ2) is 9.77. The fraction of sp³-hybridized carbons (Fsp3) is 0.409. The van der Waals surface area contributed by atoms with Gasteiger partial charge in [0.2, 0.25) is 5.90 Å². The van der Waals surface area contributed by atoms with Gasteiger partial charge >= 0.3 is 0 Å². The minimum atomic E-state index is 0.226. The molecule has 1 heterocycles. The lowest BCUT2D eigenvalue weighted by molar-refractivity contribution is 0.225. The van der Waals surface area contributed by atoms with Gasteiger partial charge in [-0.1, -0.05) is 35.9 Å². The number of ether oxygens (including phenoxy) is 1. The molecule has 0 amide bonds. The first-order valence-corrected chi connectivity index (χ1v) is 10.0. The van der Waals surface area contributed by atoms with E-state index in [1.165, 1.54) is 19.4 Å². The molecule has 0 radical (unpaired) electrons. The van der Waals surface area contributed by atoms with Gasteiger partial charge in [0.1, 0.15) is 0 Å². The maximum atomic E-state index is 8.32. The van der Waals surface area contributed by atoms with Crippen molar-refractivity contribution >= 4 is 23.2 Å². The minimum absolute atomic E-state index is 0.226. The first kappa shape index (κ1) is 19.7. The van der Waals surface area contributed by atoms with Crippen LogP contribution in [0.4, 0.5) is 5.69 Å². The van der Waals surface area contributed by atoms with Crippen molar-refractivity contribution in [1.29, 1.82) is 5.41 Å². The van der Waals surface area contributed by atoms with Gasteiger partial charge in [-0.25, -0.2) is 0 Å². The van der Waals surface area contributed by atoms with Crippen LogP contribution >= 0.6 is 11.6 Å². The molecule has 3 rings (SSSR count). The van der Waals surface area contributed by atoms with Crippen molar-refractivity contribution in [3.05, 3.63) is 64.7 Å². The molecule has 1 fully saturated rings. The normalized spacial score (nSPS) is 17.0. The van der Waals surface area contributed by atoms with Crippen LogP contribution in [0.2, 0.25) is 5.02 Å². The number of benzene rings is 2. The zero-order chi connectivity index (χ0) is 19.1. The largest absolute Gasteiger partial charge is 0.478 e. The number of para-hydroxylation sites is 1. The van der Waals surface area contributed by atoms with E-state index < -0.39 is 0 Å². The van der Waals surface area contributed by atoms with Crippen molar-refractivity contribution in [1.82, 2.24) is 4.90 Å². The predicted molar refractivity (Wildman–Crippen MR) is 113 cm³/mol. The van der Waals surface area contributed by atoms with Crippen molar-refractivity contribution in [2.45, 2.75) is 38.8 Å². The van der Waals surface area contributed by atoms with Crippen LogP contribution in [-0.4, -0.2) is 36.5 Å². The van der Waals surface area contributed by atoms with E-state index in [9.17, 15) is 0 Å². The highest BCUT2D eigenvalue weighted by molar-refractivity contribution is 6.30. The zero-order valence-corrected chi connectivity index (χ0v) is 16.6. The molecule has 2 aromatic carbocycles. The molecule has 4 nitrogen and oxygen atoms in total. The summed E-state index contributed by atoms with van der Waals surface area (Å²) in [5, 5.41) is 12.4. The van der Waals surface area contributed by atoms with Crippen molar-refractivity contribution in [3.63, 3.8) is 0 Å². The highest BCUT2D eigenvalue weighted by atomic mass is 35.5. The zero-order valence-electron chi connectivity index (χ0n) is 15.9. The molecule has 144 valence electrons. The summed E-state index contributed by atoms with van der Waals surface area (Å²) in [6.07, 6.45) is 3.54. The lowest BCUT2D eigenvalue weighted by Crippen LogP contribution is -2.28. The van der Waals surface area contributed by atoms with E-state index >= 15 is 0 Å². The number of hydrogen-bond donors (Lipinski definition) is 2. The highest BCUT2D eigenvalue weighted by Gasteiger charge is 2.19. The first-order valence-electron chi connectivity index (χ1n) is 9.66. The smallest absolute Gasteiger partial charge is 0.215 e. The maximum absolute atomic E-state index is 8.32. The Morgan fingerprint density at radius 1 is 1.22 bits per heavy atom. The van der Waals surface area contributed by atoms with Crippen molar-refractivity contribution in [3.8, 4) is 0 Å². The monoisotopic (exact) mass is 385 g/mol. The van der Waals surface area contributed by atoms with Crippen LogP contribution in [0.1, 0.15) is 37.3 Å². The van der Waals surface area contributed by atoms with Gasteiger partial charge in [0.05, 0.1) is 12.2 Å². The first-order chi connectivity index (χ1) is 13.1. The van der Waals surface area contributed by atoms with E-state index in [0.717, 1.165) is 34.8 Å². The standard InChI is InChI=1S/C22H28ClN3O/c1-17-6-4-13-26(17)14-5-15-27-22(24)20-7-2-3-8-21(20)25-16-18-9-11-19(23)12-10-18/h2-3,7-12,17,24-25H,4-6,13-16H2,1H3. The molecular formula is C22H28ClN3O. The summed E-state index contributed by atoms with van der Waals surface area (Å²) in [5.74, 6) is 0.226. The lowest BCUT2D eigenvalue weighted by Gasteiger charge is -2.20. The molecule has 2 N–H and O–H groups in total. The Morgan fingerprint density at radius 2 is 2.00 bits per heavy atom. The third-order valence-electron chi connectivity index (χ3n) is 5.09. The predicted octanol–water partition coefficient (Wildman–Crippen LogP) is 5.17. The van der Waals surface area contributed by atoms with Crippen molar-refractivity contribution in [2.24, 2.45) is 0 Å². The molecule has 1 aliphatic heterocycles. The summed E-state index contributed by atoms with van der Waals surface area (Å²) in [7, 11) is 0. The summed E-state index contributed by atoms with van der Waals surface area (Å²) < 4.78 is 5.73. The van der Waals surface area contributed by atoms with Gasteiger partial charge in [0, 0.05) is 29.8 Å². The third-order valence-corrected chi connectivity index (χ3v) is 5.35. The molecule has 1 atom stereocenters. The molecule has 0 spiro atoms. The van der Waals surface area contributed by atoms with E-state index in [4.69, 9.17) is 21.7 Å². The topological polar surface area (TPSA) is 48.4 Å². The van der Waals surface area contributed by atoms with Gasteiger partial charge in [-0.05, 0) is 62.6 Å². The molecule has 5 heteroatoms. The fourth-order valence-electron chi connectivity index (χ4n) is 3.48. The summed E-state index contributed by atoms with van der Waals surface area (Å²) in [4.78, 5) is 2.51. The van der Waals surface area contributed by atoms with Crippen molar-refractivity contribution < 1.29 is 4.74 Å². The molecule has 0 saturated carbocycles. The second-order valence-electron chi connectivity index (χ2n) is 7.08. The van der Waals surface area contributed by atoms with Crippen LogP contribution in [0.3, 0.4) is 0 Å². The average Bonchev–Trinajstić information content (AvgIpc) is 3.09. The number of nitrogens with zero attached hydrogens (tertiary/aromatic N) is 1. The molecule has 1 saturated heterocycles. The molecular weight excluding hydrogens is 358 g/mol. The second-order valence-corrected chi connectivity index (χ2v) is 7.52. The van der Waals surface area contributed by atoms with Crippen molar-refractivity contribution in [2.75, 3.05) is 25.0 Å². The number of likely N-dealkylation sites (tertiary alicyclic amines) is 1. The number of hydrogen-bond acceptors (Lipinski definition) is 4. The van der Waals surface area contributed by atoms with Gasteiger partial charge in [-0.3, -0.25) is 5.41 Å². The molecule has 0 aliphatic carbocycles. The highest BCUT2D eigenvalue weighted by Crippen LogP contribution is 2.19. The van der Waals surface area contributed by atoms with Gasteiger partial charge in [0.15, 0.2) is 0 Å². The molecule has 0 bridgehead atoms. The molecule has 1 aliphatic rings. The molecule has 1 unspecified atom stereocenters. The van der Waals surface area contributed by atoms with Crippen LogP contribution in [0, 0.1) is 5.41 Å². The average molecular weight is 386 g/mol. The number of rotatable bonds is 8. The van der Waals surface area contributed by atoms with E-state index in [0.29, 0.717) is 19.2 Å². The Kier molecular flexibility index (Phi) is 7.13. The Hall–Kier alpha value is -2.04. The maximum Gasteiger partial charge on any atom is 0.215 e. The Balaban J connectivity index is 1.49. The summed E-state index contributed by atoms with van der Waals surface area (Å²) in [5.41, 5.74) is 2.84. The molecule has 0 aromatic heterocycles. The Bertz CT molecular complexity index is 747. The van der Waals surface area contributed by atoms with Gasteiger partial charge < -0.3 is 15.0 Å². The van der Waals surface area contributed by atoms with Gasteiger partial charge in [-0.15, -0.1) is 0 Å². The minimum Gasteiger partial charge on any atom is -0.478 e. The van der Waals surface area contributed by atoms with E-state index in [1.807, 2.05) is 48.5 Å². The van der Waals surface area contributed by atoms with E-state index in [-0.39, 0.29) is 5.90 Å². The Labute approximate surface area is 167 Å². The third kappa shape index (κ3) is 5.72. The van der Waals surface area contributed by atoms with E-state index in [2.05, 4.69) is 17.1 Å². The van der Waals surface area contributed by atoms with E-state index in [1.54, 1.807) is 0 Å². The quantitative estimate of drug-likeness (QED) is 0.374. The molecule has 2 aromatic rings. The van der Waals surface area contributed by atoms with Gasteiger partial charge in [0.25, 0.3) is 0 Å². The molecule has 27 heavy (non-hydrogen) atoms. The Morgan fingerprint density at radius 3 is 2.74 bits per heavy atom. The summed E-state index contributed by atoms with van der Waals surface area (Å²) in [6.45, 7) is 5.78. The summed E-state index contributed by atoms with van der Waals surface area (Å²) in [6, 6.07) is 16.3. The van der Waals surface area contributed by atoms with Crippen LogP contribution in [0.5, 0.6) is 0 Å². The number of nitrogens with one attached hydrogen (secondary N) is 2. The van der Waals surface area contributed by atoms with Crippen LogP contribution in [0.15, 0.2) is 48.5 Å². The van der Waals surface area contributed by atoms with Crippen LogP contribution in [0.25, 0.3) is 0 Å².